The van der Waals surface area contributed by atoms with E-state index in [2.05, 4.69) is 25.9 Å². The largest absolute Gasteiger partial charge is 0.454 e. The molecule has 0 saturated heterocycles. The Bertz CT molecular complexity index is 758. The average molecular weight is 368 g/mol. The minimum Gasteiger partial charge on any atom is -0.454 e. The zero-order valence-electron chi connectivity index (χ0n) is 12.8. The monoisotopic (exact) mass is 367 g/mol. The molecule has 2 rings (SSSR count). The van der Waals surface area contributed by atoms with Gasteiger partial charge in [0.1, 0.15) is 4.60 Å². The summed E-state index contributed by atoms with van der Waals surface area (Å²) in [5.41, 5.74) is 0.347. The van der Waals surface area contributed by atoms with Crippen molar-refractivity contribution in [3.8, 4) is 0 Å². The van der Waals surface area contributed by atoms with Crippen LogP contribution in [0.15, 0.2) is 21.7 Å². The topological polar surface area (TPSA) is 74.1 Å². The first-order chi connectivity index (χ1) is 10.5. The van der Waals surface area contributed by atoms with E-state index in [1.54, 1.807) is 16.8 Å². The Hall–Kier alpha value is -1.76. The number of hydrogen-bond donors (Lipinski definition) is 0. The van der Waals surface area contributed by atoms with Gasteiger partial charge in [-0.3, -0.25) is 14.2 Å². The van der Waals surface area contributed by atoms with Crippen LogP contribution in [0.5, 0.6) is 0 Å². The molecule has 1 atom stereocenters. The third-order valence-electron chi connectivity index (χ3n) is 3.30. The van der Waals surface area contributed by atoms with Gasteiger partial charge in [-0.15, -0.1) is 0 Å². The summed E-state index contributed by atoms with van der Waals surface area (Å²) >= 11 is 3.26. The SMILES string of the molecule is CCC[C@H](OC(C)=O)c1nc2cnc(Br)cc2c(=O)n1CC. The summed E-state index contributed by atoms with van der Waals surface area (Å²) in [4.78, 5) is 32.6. The number of rotatable bonds is 5. The molecule has 0 saturated carbocycles. The number of esters is 1. The Morgan fingerprint density at radius 3 is 2.77 bits per heavy atom. The molecule has 7 heteroatoms. The predicted molar refractivity (Wildman–Crippen MR) is 86.6 cm³/mol. The molecule has 22 heavy (non-hydrogen) atoms. The Balaban J connectivity index is 2.68. The minimum absolute atomic E-state index is 0.154. The van der Waals surface area contributed by atoms with Crippen LogP contribution in [-0.4, -0.2) is 20.5 Å². The highest BCUT2D eigenvalue weighted by Gasteiger charge is 2.21. The van der Waals surface area contributed by atoms with Gasteiger partial charge in [0.15, 0.2) is 11.9 Å². The van der Waals surface area contributed by atoms with Crippen LogP contribution in [-0.2, 0) is 16.1 Å². The number of halogens is 1. The van der Waals surface area contributed by atoms with E-state index in [1.165, 1.54) is 6.92 Å². The molecule has 118 valence electrons. The van der Waals surface area contributed by atoms with Crippen LogP contribution >= 0.6 is 15.9 Å². The van der Waals surface area contributed by atoms with E-state index in [1.807, 2.05) is 13.8 Å². The Morgan fingerprint density at radius 1 is 1.45 bits per heavy atom. The number of carbonyl (C=O) groups is 1. The molecular formula is C15H18BrN3O3. The molecule has 6 nitrogen and oxygen atoms in total. The Morgan fingerprint density at radius 2 is 2.18 bits per heavy atom. The van der Waals surface area contributed by atoms with E-state index in [0.717, 1.165) is 6.42 Å². The molecule has 0 fully saturated rings. The molecule has 2 aromatic rings. The number of ether oxygens (including phenoxy) is 1. The van der Waals surface area contributed by atoms with Crippen molar-refractivity contribution >= 4 is 32.8 Å². The molecule has 0 radical (unpaired) electrons. The maximum atomic E-state index is 12.7. The first-order valence-corrected chi connectivity index (χ1v) is 8.00. The van der Waals surface area contributed by atoms with Gasteiger partial charge < -0.3 is 4.74 Å². The molecule has 0 aliphatic rings. The van der Waals surface area contributed by atoms with Crippen LogP contribution in [0.25, 0.3) is 10.9 Å². The number of carbonyl (C=O) groups excluding carboxylic acids is 1. The van der Waals surface area contributed by atoms with Crippen molar-refractivity contribution in [1.29, 1.82) is 0 Å². The Kier molecular flexibility index (Phi) is 5.28. The normalized spacial score (nSPS) is 12.4. The van der Waals surface area contributed by atoms with Crippen molar-refractivity contribution in [2.45, 2.75) is 46.3 Å². The van der Waals surface area contributed by atoms with Crippen LogP contribution in [0.1, 0.15) is 45.5 Å². The standard InChI is InChI=1S/C15H18BrN3O3/c1-4-6-12(22-9(3)20)14-18-11-8-17-13(16)7-10(11)15(21)19(14)5-2/h7-8,12H,4-6H2,1-3H3/t12-/m0/s1. The lowest BCUT2D eigenvalue weighted by molar-refractivity contribution is -0.147. The molecule has 0 N–H and O–H groups in total. The number of nitrogens with zero attached hydrogens (tertiary/aromatic N) is 3. The third kappa shape index (κ3) is 3.35. The van der Waals surface area contributed by atoms with Gasteiger partial charge in [-0.2, -0.15) is 0 Å². The number of pyridine rings is 1. The summed E-state index contributed by atoms with van der Waals surface area (Å²) in [6.45, 7) is 5.67. The van der Waals surface area contributed by atoms with E-state index in [-0.39, 0.29) is 11.5 Å². The minimum atomic E-state index is -0.525. The molecule has 2 aromatic heterocycles. The van der Waals surface area contributed by atoms with Crippen LogP contribution in [0.2, 0.25) is 0 Å². The highest BCUT2D eigenvalue weighted by Crippen LogP contribution is 2.23. The molecule has 2 heterocycles. The fourth-order valence-corrected chi connectivity index (χ4v) is 2.70. The zero-order chi connectivity index (χ0) is 16.3. The summed E-state index contributed by atoms with van der Waals surface area (Å²) in [5, 5.41) is 0.491. The van der Waals surface area contributed by atoms with Crippen LogP contribution < -0.4 is 5.56 Å². The molecule has 0 unspecified atom stereocenters. The van der Waals surface area contributed by atoms with Gasteiger partial charge in [-0.1, -0.05) is 13.3 Å². The summed E-state index contributed by atoms with van der Waals surface area (Å²) in [6.07, 6.45) is 2.44. The van der Waals surface area contributed by atoms with Gasteiger partial charge >= 0.3 is 5.97 Å². The summed E-state index contributed by atoms with van der Waals surface area (Å²) in [5.74, 6) is 0.0885. The smallest absolute Gasteiger partial charge is 0.303 e. The molecule has 0 aliphatic heterocycles. The van der Waals surface area contributed by atoms with Crippen molar-refractivity contribution in [2.24, 2.45) is 0 Å². The second-order valence-corrected chi connectivity index (χ2v) is 5.74. The van der Waals surface area contributed by atoms with Crippen molar-refractivity contribution in [3.05, 3.63) is 33.0 Å². The van der Waals surface area contributed by atoms with Gasteiger partial charge in [0.05, 0.1) is 17.1 Å². The molecule has 0 aromatic carbocycles. The second kappa shape index (κ2) is 7.00. The van der Waals surface area contributed by atoms with Gasteiger partial charge in [-0.25, -0.2) is 9.97 Å². The second-order valence-electron chi connectivity index (χ2n) is 4.93. The fourth-order valence-electron chi connectivity index (χ4n) is 2.37. The van der Waals surface area contributed by atoms with E-state index in [0.29, 0.717) is 34.3 Å². The maximum Gasteiger partial charge on any atom is 0.303 e. The highest BCUT2D eigenvalue weighted by molar-refractivity contribution is 9.10. The van der Waals surface area contributed by atoms with E-state index in [9.17, 15) is 9.59 Å². The fraction of sp³-hybridized carbons (Fsp3) is 0.467. The zero-order valence-corrected chi connectivity index (χ0v) is 14.4. The van der Waals surface area contributed by atoms with E-state index >= 15 is 0 Å². The van der Waals surface area contributed by atoms with Crippen LogP contribution in [0.4, 0.5) is 0 Å². The summed E-state index contributed by atoms with van der Waals surface area (Å²) in [7, 11) is 0. The molecule has 0 bridgehead atoms. The van der Waals surface area contributed by atoms with Crippen molar-refractivity contribution < 1.29 is 9.53 Å². The highest BCUT2D eigenvalue weighted by atomic mass is 79.9. The average Bonchev–Trinajstić information content (AvgIpc) is 2.47. The lowest BCUT2D eigenvalue weighted by atomic mass is 10.1. The number of aromatic nitrogens is 3. The van der Waals surface area contributed by atoms with Crippen molar-refractivity contribution in [1.82, 2.24) is 14.5 Å². The van der Waals surface area contributed by atoms with Gasteiger partial charge in [0.25, 0.3) is 5.56 Å². The molecule has 0 amide bonds. The first kappa shape index (κ1) is 16.6. The quantitative estimate of drug-likeness (QED) is 0.599. The number of hydrogen-bond acceptors (Lipinski definition) is 5. The van der Waals surface area contributed by atoms with Crippen molar-refractivity contribution in [3.63, 3.8) is 0 Å². The molecule has 0 aliphatic carbocycles. The summed E-state index contributed by atoms with van der Waals surface area (Å²) < 4.78 is 7.49. The van der Waals surface area contributed by atoms with E-state index in [4.69, 9.17) is 4.74 Å². The van der Waals surface area contributed by atoms with Crippen LogP contribution in [0.3, 0.4) is 0 Å². The van der Waals surface area contributed by atoms with Gasteiger partial charge in [0, 0.05) is 13.5 Å². The molecular weight excluding hydrogens is 350 g/mol. The number of fused-ring (bicyclic) bond motifs is 1. The molecule has 0 spiro atoms. The van der Waals surface area contributed by atoms with Crippen molar-refractivity contribution in [2.75, 3.05) is 0 Å². The lowest BCUT2D eigenvalue weighted by Crippen LogP contribution is -2.28. The maximum absolute atomic E-state index is 12.7. The van der Waals surface area contributed by atoms with E-state index < -0.39 is 6.10 Å². The lowest BCUT2D eigenvalue weighted by Gasteiger charge is -2.20. The predicted octanol–water partition coefficient (Wildman–Crippen LogP) is 2.98. The third-order valence-corrected chi connectivity index (χ3v) is 3.73. The Labute approximate surface area is 136 Å². The first-order valence-electron chi connectivity index (χ1n) is 7.21. The van der Waals surface area contributed by atoms with Gasteiger partial charge in [-0.05, 0) is 35.3 Å². The summed E-state index contributed by atoms with van der Waals surface area (Å²) in [6, 6.07) is 1.65. The van der Waals surface area contributed by atoms with Crippen LogP contribution in [0, 0.1) is 0 Å². The van der Waals surface area contributed by atoms with Gasteiger partial charge in [0.2, 0.25) is 0 Å².